The Bertz CT molecular complexity index is 147. The van der Waals surface area contributed by atoms with E-state index in [9.17, 15) is 4.39 Å². The van der Waals surface area contributed by atoms with Crippen molar-refractivity contribution < 1.29 is 21.7 Å². The van der Waals surface area contributed by atoms with Gasteiger partial charge in [0.1, 0.15) is 5.95 Å². The molecule has 0 aliphatic carbocycles. The summed E-state index contributed by atoms with van der Waals surface area (Å²) in [5.74, 6) is -0.459. The van der Waals surface area contributed by atoms with Crippen molar-refractivity contribution in [2.24, 2.45) is 0 Å². The normalized spacial score (nSPS) is 7.56. The Hall–Kier alpha value is -0.00662. The van der Waals surface area contributed by atoms with Crippen LogP contribution >= 0.6 is 9.69 Å². The fourth-order valence-corrected chi connectivity index (χ4v) is 0.302. The molecule has 0 amide bonds. The van der Waals surface area contributed by atoms with Crippen molar-refractivity contribution in [3.8, 4) is 0 Å². The van der Waals surface area contributed by atoms with Crippen LogP contribution in [-0.2, 0) is 17.3 Å². The summed E-state index contributed by atoms with van der Waals surface area (Å²) < 4.78 is 11.8. The van der Waals surface area contributed by atoms with Crippen molar-refractivity contribution in [3.63, 3.8) is 0 Å². The summed E-state index contributed by atoms with van der Waals surface area (Å²) in [6.07, 6.45) is 1.29. The number of nitrogens with zero attached hydrogens (tertiary/aromatic N) is 1. The number of aromatic nitrogens is 1. The van der Waals surface area contributed by atoms with E-state index in [1.165, 1.54) is 18.3 Å². The molecular weight excluding hydrogens is 194 g/mol. The van der Waals surface area contributed by atoms with Gasteiger partial charge in [-0.05, 0) is 0 Å². The molecular formula is C5H3ClFNZn. The van der Waals surface area contributed by atoms with Gasteiger partial charge in [0, 0.05) is 0 Å². The Morgan fingerprint density at radius 3 is 2.56 bits per heavy atom. The zero-order valence-corrected chi connectivity index (χ0v) is 8.37. The Balaban J connectivity index is 0.000000291. The Kier molecular flexibility index (Phi) is 6.11. The van der Waals surface area contributed by atoms with Crippen LogP contribution in [0.15, 0.2) is 18.3 Å². The first kappa shape index (κ1) is 8.99. The van der Waals surface area contributed by atoms with Gasteiger partial charge in [-0.2, -0.15) is 6.07 Å². The molecule has 4 heteroatoms. The summed E-state index contributed by atoms with van der Waals surface area (Å²) >= 11 is 0.847. The van der Waals surface area contributed by atoms with Crippen LogP contribution in [0.1, 0.15) is 0 Å². The molecule has 0 atom stereocenters. The maximum atomic E-state index is 11.8. The van der Waals surface area contributed by atoms with Gasteiger partial charge < -0.3 is 0 Å². The molecule has 0 aromatic carbocycles. The molecule has 9 heavy (non-hydrogen) atoms. The van der Waals surface area contributed by atoms with E-state index in [0.717, 1.165) is 17.3 Å². The van der Waals surface area contributed by atoms with Crippen LogP contribution in [0.25, 0.3) is 0 Å². The summed E-state index contributed by atoms with van der Waals surface area (Å²) in [7, 11) is 4.76. The third-order valence-corrected chi connectivity index (χ3v) is 0.580. The molecule has 0 spiro atoms. The fourth-order valence-electron chi connectivity index (χ4n) is 0.302. The molecule has 0 unspecified atom stereocenters. The van der Waals surface area contributed by atoms with E-state index >= 15 is 0 Å². The first-order valence-corrected chi connectivity index (χ1v) is 6.04. The molecule has 1 aromatic rings. The van der Waals surface area contributed by atoms with Crippen LogP contribution in [0.5, 0.6) is 0 Å². The van der Waals surface area contributed by atoms with Crippen LogP contribution in [-0.4, -0.2) is 4.98 Å². The Labute approximate surface area is 67.0 Å². The standard InChI is InChI=1S/C5H3FN.ClH.Zn/c6-5-3-1-2-4-7-5;;/h1,3-4H;1H;/q-1;;+2/p-1. The number of hydrogen-bond donors (Lipinski definition) is 0. The number of pyridine rings is 1. The van der Waals surface area contributed by atoms with E-state index in [0.29, 0.717) is 0 Å². The van der Waals surface area contributed by atoms with Crippen molar-refractivity contribution in [2.75, 3.05) is 0 Å². The maximum absolute atomic E-state index is 11.8. The van der Waals surface area contributed by atoms with Gasteiger partial charge in [-0.15, -0.1) is 0 Å². The Morgan fingerprint density at radius 1 is 1.67 bits per heavy atom. The number of rotatable bonds is 0. The van der Waals surface area contributed by atoms with Gasteiger partial charge in [-0.1, -0.05) is 6.20 Å². The van der Waals surface area contributed by atoms with Crippen molar-refractivity contribution in [1.82, 2.24) is 4.98 Å². The zero-order valence-electron chi connectivity index (χ0n) is 4.64. The molecule has 0 fully saturated rings. The molecule has 44 valence electrons. The van der Waals surface area contributed by atoms with Crippen molar-refractivity contribution in [3.05, 3.63) is 30.3 Å². The van der Waals surface area contributed by atoms with Gasteiger partial charge in [-0.25, -0.2) is 16.5 Å². The van der Waals surface area contributed by atoms with Crippen molar-refractivity contribution >= 4 is 9.69 Å². The summed E-state index contributed by atoms with van der Waals surface area (Å²) in [6, 6.07) is 5.31. The third-order valence-electron chi connectivity index (χ3n) is 0.580. The summed E-state index contributed by atoms with van der Waals surface area (Å²) in [5, 5.41) is 0. The SMILES string of the molecule is Fc1cc[c-]cn1.[Cl][Zn+]. The molecule has 1 aromatic heterocycles. The number of hydrogen-bond acceptors (Lipinski definition) is 1. The van der Waals surface area contributed by atoms with Gasteiger partial charge in [-0.3, -0.25) is 4.98 Å². The predicted molar refractivity (Wildman–Crippen MR) is 28.9 cm³/mol. The van der Waals surface area contributed by atoms with Gasteiger partial charge in [0.2, 0.25) is 0 Å². The van der Waals surface area contributed by atoms with E-state index in [1.807, 2.05) is 0 Å². The van der Waals surface area contributed by atoms with E-state index < -0.39 is 5.95 Å². The van der Waals surface area contributed by atoms with Crippen LogP contribution in [0.3, 0.4) is 0 Å². The molecule has 0 saturated heterocycles. The second kappa shape index (κ2) is 6.12. The minimum absolute atomic E-state index is 0.459. The minimum atomic E-state index is -0.459. The average molecular weight is 197 g/mol. The molecule has 1 heterocycles. The first-order chi connectivity index (χ1) is 4.39. The summed E-state index contributed by atoms with van der Waals surface area (Å²) in [5.41, 5.74) is 0. The second-order valence-corrected chi connectivity index (χ2v) is 1.08. The van der Waals surface area contributed by atoms with Crippen LogP contribution in [0.4, 0.5) is 4.39 Å². The first-order valence-electron chi connectivity index (χ1n) is 2.14. The van der Waals surface area contributed by atoms with Gasteiger partial charge in [0.15, 0.2) is 0 Å². The summed E-state index contributed by atoms with van der Waals surface area (Å²) in [6.45, 7) is 0. The van der Waals surface area contributed by atoms with E-state index in [4.69, 9.17) is 9.69 Å². The van der Waals surface area contributed by atoms with Crippen LogP contribution in [0, 0.1) is 12.0 Å². The monoisotopic (exact) mass is 195 g/mol. The van der Waals surface area contributed by atoms with Gasteiger partial charge in [0.05, 0.1) is 0 Å². The molecule has 0 radical (unpaired) electrons. The van der Waals surface area contributed by atoms with E-state index in [1.54, 1.807) is 0 Å². The number of halogens is 2. The molecule has 0 aliphatic heterocycles. The topological polar surface area (TPSA) is 12.9 Å². The van der Waals surface area contributed by atoms with E-state index in [2.05, 4.69) is 11.1 Å². The molecule has 1 nitrogen and oxygen atoms in total. The average Bonchev–Trinajstić information content (AvgIpc) is 1.94. The predicted octanol–water partition coefficient (Wildman–Crippen LogP) is 1.71. The summed E-state index contributed by atoms with van der Waals surface area (Å²) in [4.78, 5) is 3.26. The molecule has 0 bridgehead atoms. The van der Waals surface area contributed by atoms with E-state index in [-0.39, 0.29) is 0 Å². The fraction of sp³-hybridized carbons (Fsp3) is 0. The van der Waals surface area contributed by atoms with Gasteiger partial charge in [0.25, 0.3) is 0 Å². The van der Waals surface area contributed by atoms with Crippen LogP contribution in [0.2, 0.25) is 0 Å². The van der Waals surface area contributed by atoms with Crippen molar-refractivity contribution in [2.45, 2.75) is 0 Å². The van der Waals surface area contributed by atoms with Crippen LogP contribution < -0.4 is 0 Å². The second-order valence-electron chi connectivity index (χ2n) is 1.08. The molecule has 1 rings (SSSR count). The van der Waals surface area contributed by atoms with Gasteiger partial charge >= 0.3 is 27.0 Å². The molecule has 0 N–H and O–H groups in total. The van der Waals surface area contributed by atoms with Crippen molar-refractivity contribution in [1.29, 1.82) is 0 Å². The Morgan fingerprint density at radius 2 is 2.33 bits per heavy atom. The molecule has 0 saturated carbocycles. The molecule has 0 aliphatic rings. The zero-order chi connectivity index (χ0) is 7.11. The third kappa shape index (κ3) is 4.49. The quantitative estimate of drug-likeness (QED) is 0.350.